The lowest BCUT2D eigenvalue weighted by atomic mass is 9.93. The number of guanidine groups is 1. The van der Waals surface area contributed by atoms with E-state index < -0.39 is 5.97 Å². The van der Waals surface area contributed by atoms with Gasteiger partial charge in [0.2, 0.25) is 0 Å². The summed E-state index contributed by atoms with van der Waals surface area (Å²) in [5, 5.41) is 9.63. The molecule has 0 aliphatic carbocycles. The number of benzene rings is 1. The average molecular weight is 308 g/mol. The van der Waals surface area contributed by atoms with Gasteiger partial charge in [-0.05, 0) is 24.3 Å². The number of aliphatic carboxylic acids is 1. The van der Waals surface area contributed by atoms with Gasteiger partial charge in [0.15, 0.2) is 0 Å². The normalized spacial score (nSPS) is 24.1. The molecule has 0 bridgehead atoms. The van der Waals surface area contributed by atoms with E-state index in [1.165, 1.54) is 0 Å². The van der Waals surface area contributed by atoms with Gasteiger partial charge >= 0.3 is 11.9 Å². The van der Waals surface area contributed by atoms with E-state index in [1.54, 1.807) is 0 Å². The van der Waals surface area contributed by atoms with Crippen LogP contribution in [0.1, 0.15) is 5.56 Å². The monoisotopic (exact) mass is 308 g/mol. The maximum absolute atomic E-state index is 11.7. The molecule has 0 amide bonds. The van der Waals surface area contributed by atoms with Crippen LogP contribution in [0.25, 0.3) is 5.57 Å². The van der Waals surface area contributed by atoms with Crippen LogP contribution in [0, 0.1) is 0 Å². The summed E-state index contributed by atoms with van der Waals surface area (Å²) in [6, 6.07) is 7.77. The predicted octanol–water partition coefficient (Wildman–Crippen LogP) is 1.74. The van der Waals surface area contributed by atoms with Crippen LogP contribution in [0.3, 0.4) is 0 Å². The minimum absolute atomic E-state index is 0.0328. The first-order valence-electron chi connectivity index (χ1n) is 7.61. The molecular weight excluding hydrogens is 290 g/mol. The molecule has 1 fully saturated rings. The first-order chi connectivity index (χ1) is 11.1. The molecule has 1 aromatic carbocycles. The zero-order chi connectivity index (χ0) is 16.1. The Hall–Kier alpha value is -2.82. The number of fused-ring (bicyclic) bond motifs is 5. The number of rotatable bonds is 1. The second-order valence-corrected chi connectivity index (χ2v) is 6.08. The lowest BCUT2D eigenvalue weighted by molar-refractivity contribution is -0.470. The van der Waals surface area contributed by atoms with E-state index in [2.05, 4.69) is 26.7 Å². The Bertz CT molecular complexity index is 815. The molecule has 2 unspecified atom stereocenters. The van der Waals surface area contributed by atoms with Crippen LogP contribution in [0.2, 0.25) is 0 Å². The van der Waals surface area contributed by atoms with Crippen LogP contribution >= 0.6 is 0 Å². The molecule has 1 N–H and O–H groups in total. The minimum atomic E-state index is -0.878. The lowest BCUT2D eigenvalue weighted by Gasteiger charge is -2.26. The second kappa shape index (κ2) is 4.84. The number of hydrogen-bond acceptors (Lipinski definition) is 1. The molecule has 5 nitrogen and oxygen atoms in total. The van der Waals surface area contributed by atoms with Crippen molar-refractivity contribution in [2.45, 2.75) is 12.1 Å². The van der Waals surface area contributed by atoms with E-state index in [0.717, 1.165) is 17.2 Å². The number of allylic oxidation sites excluding steroid dienone is 2. The van der Waals surface area contributed by atoms with Crippen LogP contribution < -0.4 is 4.90 Å². The van der Waals surface area contributed by atoms with Crippen molar-refractivity contribution in [2.75, 3.05) is 19.0 Å². The molecule has 2 atom stereocenters. The summed E-state index contributed by atoms with van der Waals surface area (Å²) in [5.74, 6) is 0.172. The van der Waals surface area contributed by atoms with Crippen LogP contribution in [0.4, 0.5) is 5.69 Å². The molecule has 3 aliphatic heterocycles. The summed E-state index contributed by atoms with van der Waals surface area (Å²) in [7, 11) is 4.03. The molecule has 23 heavy (non-hydrogen) atoms. The Labute approximate surface area is 134 Å². The summed E-state index contributed by atoms with van der Waals surface area (Å²) in [5.41, 5.74) is 2.09. The Morgan fingerprint density at radius 3 is 2.70 bits per heavy atom. The summed E-state index contributed by atoms with van der Waals surface area (Å²) in [6.45, 7) is 0. The third kappa shape index (κ3) is 1.86. The highest BCUT2D eigenvalue weighted by molar-refractivity contribution is 6.20. The Morgan fingerprint density at radius 2 is 1.96 bits per heavy atom. The highest BCUT2D eigenvalue weighted by Gasteiger charge is 2.53. The molecule has 3 heterocycles. The minimum Gasteiger partial charge on any atom is -0.478 e. The van der Waals surface area contributed by atoms with Crippen molar-refractivity contribution in [3.63, 3.8) is 0 Å². The van der Waals surface area contributed by atoms with Crippen molar-refractivity contribution in [3.05, 3.63) is 60.3 Å². The summed E-state index contributed by atoms with van der Waals surface area (Å²) < 4.78 is 2.08. The van der Waals surface area contributed by atoms with E-state index in [0.29, 0.717) is 5.57 Å². The van der Waals surface area contributed by atoms with Gasteiger partial charge in [-0.15, -0.1) is 0 Å². The standard InChI is InChI=1S/C18H17N3O2/c1-19(2)18-20-10-6-5-9-15(20)16-11-13(17(22)23)12-7-3-4-8-14(12)21(16)18/h3-11,15-16H,1-2H3/p+1. The smallest absolute Gasteiger partial charge is 0.360 e. The van der Waals surface area contributed by atoms with Crippen molar-refractivity contribution < 1.29 is 14.5 Å². The fourth-order valence-electron chi connectivity index (χ4n) is 3.65. The molecule has 3 aliphatic rings. The second-order valence-electron chi connectivity index (χ2n) is 6.08. The largest absolute Gasteiger partial charge is 0.478 e. The van der Waals surface area contributed by atoms with Crippen molar-refractivity contribution in [2.24, 2.45) is 0 Å². The topological polar surface area (TPSA) is 46.8 Å². The van der Waals surface area contributed by atoms with E-state index in [1.807, 2.05) is 56.6 Å². The number of carboxylic acid groups (broad SMARTS) is 1. The van der Waals surface area contributed by atoms with Crippen LogP contribution in [-0.2, 0) is 4.79 Å². The highest BCUT2D eigenvalue weighted by atomic mass is 16.4. The number of anilines is 1. The molecule has 0 aromatic heterocycles. The van der Waals surface area contributed by atoms with Crippen molar-refractivity contribution in [3.8, 4) is 0 Å². The maximum atomic E-state index is 11.7. The Morgan fingerprint density at radius 1 is 1.17 bits per heavy atom. The molecule has 0 spiro atoms. The lowest BCUT2D eigenvalue weighted by Crippen LogP contribution is -2.41. The van der Waals surface area contributed by atoms with Crippen molar-refractivity contribution >= 4 is 23.2 Å². The average Bonchev–Trinajstić information content (AvgIpc) is 2.88. The van der Waals surface area contributed by atoms with Gasteiger partial charge in [-0.25, -0.2) is 14.6 Å². The number of nitrogens with zero attached hydrogens (tertiary/aromatic N) is 3. The Kier molecular flexibility index (Phi) is 2.91. The zero-order valence-electron chi connectivity index (χ0n) is 13.0. The van der Waals surface area contributed by atoms with Gasteiger partial charge in [0.1, 0.15) is 17.8 Å². The van der Waals surface area contributed by atoms with E-state index in [4.69, 9.17) is 0 Å². The van der Waals surface area contributed by atoms with Gasteiger partial charge in [0, 0.05) is 5.56 Å². The number of para-hydroxylation sites is 1. The van der Waals surface area contributed by atoms with Crippen molar-refractivity contribution in [1.29, 1.82) is 0 Å². The molecule has 116 valence electrons. The van der Waals surface area contributed by atoms with E-state index in [-0.39, 0.29) is 12.1 Å². The summed E-state index contributed by atoms with van der Waals surface area (Å²) in [6.07, 6.45) is 10.1. The first kappa shape index (κ1) is 13.8. The summed E-state index contributed by atoms with van der Waals surface area (Å²) >= 11 is 0. The van der Waals surface area contributed by atoms with E-state index in [9.17, 15) is 9.90 Å². The molecule has 5 heteroatoms. The van der Waals surface area contributed by atoms with Gasteiger partial charge in [0.05, 0.1) is 25.9 Å². The zero-order valence-corrected chi connectivity index (χ0v) is 13.0. The molecule has 0 radical (unpaired) electrons. The SMILES string of the molecule is C[N+](C)=C1N2C=CC=CC2C2C=C(C(=O)O)c3ccccc3N12. The van der Waals surface area contributed by atoms with Gasteiger partial charge in [-0.2, -0.15) is 0 Å². The van der Waals surface area contributed by atoms with Crippen LogP contribution in [-0.4, -0.2) is 52.7 Å². The molecule has 1 saturated heterocycles. The Balaban J connectivity index is 1.98. The molecule has 4 rings (SSSR count). The summed E-state index contributed by atoms with van der Waals surface area (Å²) in [4.78, 5) is 16.2. The number of hydrogen-bond donors (Lipinski definition) is 1. The van der Waals surface area contributed by atoms with Gasteiger partial charge < -0.3 is 5.11 Å². The fraction of sp³-hybridized carbons (Fsp3) is 0.222. The van der Waals surface area contributed by atoms with Gasteiger partial charge in [-0.1, -0.05) is 24.3 Å². The van der Waals surface area contributed by atoms with E-state index >= 15 is 0 Å². The third-order valence-electron chi connectivity index (χ3n) is 4.50. The molecule has 1 aromatic rings. The van der Waals surface area contributed by atoms with Crippen LogP contribution in [0.15, 0.2) is 54.8 Å². The van der Waals surface area contributed by atoms with Crippen molar-refractivity contribution in [1.82, 2.24) is 4.90 Å². The molecular formula is C18H18N3O2+. The fourth-order valence-corrected chi connectivity index (χ4v) is 3.65. The number of carboxylic acids is 1. The highest BCUT2D eigenvalue weighted by Crippen LogP contribution is 2.41. The quantitative estimate of drug-likeness (QED) is 0.803. The number of carbonyl (C=O) groups is 1. The third-order valence-corrected chi connectivity index (χ3v) is 4.50. The molecule has 0 saturated carbocycles. The van der Waals surface area contributed by atoms with Gasteiger partial charge in [0.25, 0.3) is 0 Å². The predicted molar refractivity (Wildman–Crippen MR) is 89.3 cm³/mol. The maximum Gasteiger partial charge on any atom is 0.360 e. The van der Waals surface area contributed by atoms with Gasteiger partial charge in [-0.3, -0.25) is 4.58 Å². The first-order valence-corrected chi connectivity index (χ1v) is 7.61. The van der Waals surface area contributed by atoms with Crippen LogP contribution in [0.5, 0.6) is 0 Å².